The molecule has 1 amide bonds. The Hall–Kier alpha value is -2.37. The molecule has 134 valence electrons. The predicted octanol–water partition coefficient (Wildman–Crippen LogP) is 5.12. The Morgan fingerprint density at radius 3 is 2.54 bits per heavy atom. The quantitative estimate of drug-likeness (QED) is 0.670. The van der Waals surface area contributed by atoms with E-state index in [1.54, 1.807) is 31.2 Å². The molecular formula is C19H16Cl2FN3O. The van der Waals surface area contributed by atoms with Gasteiger partial charge in [-0.25, -0.2) is 9.07 Å². The van der Waals surface area contributed by atoms with Crippen LogP contribution in [0.5, 0.6) is 0 Å². The SMILES string of the molecule is Cc1nn(-c2ccc(F)cc2)c(Cl)c1C(=O)NC(C)c1cccc(Cl)c1. The Labute approximate surface area is 160 Å². The van der Waals surface area contributed by atoms with Crippen molar-refractivity contribution < 1.29 is 9.18 Å². The zero-order valence-electron chi connectivity index (χ0n) is 14.1. The molecule has 0 fully saturated rings. The highest BCUT2D eigenvalue weighted by molar-refractivity contribution is 6.33. The van der Waals surface area contributed by atoms with Gasteiger partial charge in [0.05, 0.1) is 23.0 Å². The number of carbonyl (C=O) groups is 1. The van der Waals surface area contributed by atoms with Crippen molar-refractivity contribution >= 4 is 29.1 Å². The van der Waals surface area contributed by atoms with Gasteiger partial charge in [0.25, 0.3) is 5.91 Å². The van der Waals surface area contributed by atoms with Crippen LogP contribution in [-0.2, 0) is 0 Å². The lowest BCUT2D eigenvalue weighted by Gasteiger charge is -2.14. The highest BCUT2D eigenvalue weighted by Crippen LogP contribution is 2.25. The topological polar surface area (TPSA) is 46.9 Å². The van der Waals surface area contributed by atoms with Gasteiger partial charge >= 0.3 is 0 Å². The molecule has 0 bridgehead atoms. The van der Waals surface area contributed by atoms with Gasteiger partial charge in [0.2, 0.25) is 0 Å². The van der Waals surface area contributed by atoms with E-state index >= 15 is 0 Å². The number of carbonyl (C=O) groups excluding carboxylic acids is 1. The van der Waals surface area contributed by atoms with Crippen molar-refractivity contribution in [3.8, 4) is 5.69 Å². The maximum Gasteiger partial charge on any atom is 0.256 e. The van der Waals surface area contributed by atoms with E-state index < -0.39 is 0 Å². The number of benzene rings is 2. The van der Waals surface area contributed by atoms with E-state index in [1.807, 2.05) is 19.1 Å². The fourth-order valence-corrected chi connectivity index (χ4v) is 3.20. The summed E-state index contributed by atoms with van der Waals surface area (Å²) in [6.45, 7) is 3.56. The smallest absolute Gasteiger partial charge is 0.256 e. The zero-order chi connectivity index (χ0) is 18.8. The molecule has 1 aromatic heterocycles. The molecule has 0 saturated heterocycles. The van der Waals surface area contributed by atoms with Crippen LogP contribution in [0.1, 0.15) is 34.6 Å². The lowest BCUT2D eigenvalue weighted by molar-refractivity contribution is 0.0939. The minimum absolute atomic E-state index is 0.171. The first-order valence-electron chi connectivity index (χ1n) is 7.94. The van der Waals surface area contributed by atoms with E-state index in [4.69, 9.17) is 23.2 Å². The van der Waals surface area contributed by atoms with Crippen molar-refractivity contribution in [2.75, 3.05) is 0 Å². The van der Waals surface area contributed by atoms with Gasteiger partial charge in [0, 0.05) is 5.02 Å². The molecule has 0 aliphatic heterocycles. The molecule has 3 rings (SSSR count). The molecule has 0 radical (unpaired) electrons. The fraction of sp³-hybridized carbons (Fsp3) is 0.158. The minimum Gasteiger partial charge on any atom is -0.345 e. The predicted molar refractivity (Wildman–Crippen MR) is 101 cm³/mol. The standard InChI is InChI=1S/C19H16Cl2FN3O/c1-11(13-4-3-5-14(20)10-13)23-19(26)17-12(2)24-25(18(17)21)16-8-6-15(22)7-9-16/h3-11H,1-2H3,(H,23,26). The molecule has 4 nitrogen and oxygen atoms in total. The van der Waals surface area contributed by atoms with Crippen LogP contribution in [-0.4, -0.2) is 15.7 Å². The molecule has 0 aliphatic rings. The Kier molecular flexibility index (Phi) is 5.30. The number of nitrogens with one attached hydrogen (secondary N) is 1. The first-order valence-corrected chi connectivity index (χ1v) is 8.70. The van der Waals surface area contributed by atoms with Crippen LogP contribution in [0.15, 0.2) is 48.5 Å². The van der Waals surface area contributed by atoms with Crippen molar-refractivity contribution in [3.63, 3.8) is 0 Å². The van der Waals surface area contributed by atoms with Crippen molar-refractivity contribution in [2.45, 2.75) is 19.9 Å². The molecule has 2 aromatic carbocycles. The summed E-state index contributed by atoms with van der Waals surface area (Å²) < 4.78 is 14.5. The van der Waals surface area contributed by atoms with E-state index in [-0.39, 0.29) is 28.5 Å². The van der Waals surface area contributed by atoms with Crippen molar-refractivity contribution in [1.29, 1.82) is 0 Å². The molecule has 0 aliphatic carbocycles. The summed E-state index contributed by atoms with van der Waals surface area (Å²) in [7, 11) is 0. The monoisotopic (exact) mass is 391 g/mol. The summed E-state index contributed by atoms with van der Waals surface area (Å²) in [6.07, 6.45) is 0. The van der Waals surface area contributed by atoms with Crippen LogP contribution in [0.2, 0.25) is 10.2 Å². The van der Waals surface area contributed by atoms with Crippen molar-refractivity contribution in [2.24, 2.45) is 0 Å². The van der Waals surface area contributed by atoms with Crippen LogP contribution < -0.4 is 5.32 Å². The number of halogens is 3. The van der Waals surface area contributed by atoms with Crippen LogP contribution in [0, 0.1) is 12.7 Å². The summed E-state index contributed by atoms with van der Waals surface area (Å²) in [4.78, 5) is 12.7. The Morgan fingerprint density at radius 1 is 1.19 bits per heavy atom. The number of nitrogens with zero attached hydrogens (tertiary/aromatic N) is 2. The van der Waals surface area contributed by atoms with Gasteiger partial charge in [-0.2, -0.15) is 5.10 Å². The third-order valence-electron chi connectivity index (χ3n) is 4.00. The van der Waals surface area contributed by atoms with Crippen LogP contribution in [0.3, 0.4) is 0 Å². The molecule has 26 heavy (non-hydrogen) atoms. The summed E-state index contributed by atoms with van der Waals surface area (Å²) in [5.74, 6) is -0.699. The van der Waals surface area contributed by atoms with Gasteiger partial charge < -0.3 is 5.32 Å². The molecule has 1 heterocycles. The molecule has 1 atom stereocenters. The average Bonchev–Trinajstić information content (AvgIpc) is 2.90. The number of rotatable bonds is 4. The van der Waals surface area contributed by atoms with Crippen molar-refractivity contribution in [1.82, 2.24) is 15.1 Å². The third-order valence-corrected chi connectivity index (χ3v) is 4.58. The van der Waals surface area contributed by atoms with E-state index in [2.05, 4.69) is 10.4 Å². The minimum atomic E-state index is -0.359. The number of hydrogen-bond acceptors (Lipinski definition) is 2. The van der Waals surface area contributed by atoms with Gasteiger partial charge in [-0.05, 0) is 55.8 Å². The maximum atomic E-state index is 13.1. The lowest BCUT2D eigenvalue weighted by atomic mass is 10.1. The molecule has 1 N–H and O–H groups in total. The molecule has 3 aromatic rings. The summed E-state index contributed by atoms with van der Waals surface area (Å²) in [5.41, 5.74) is 2.21. The number of aromatic nitrogens is 2. The Balaban J connectivity index is 1.87. The molecule has 0 saturated carbocycles. The largest absolute Gasteiger partial charge is 0.345 e. The summed E-state index contributed by atoms with van der Waals surface area (Å²) in [6, 6.07) is 12.7. The number of amides is 1. The highest BCUT2D eigenvalue weighted by atomic mass is 35.5. The van der Waals surface area contributed by atoms with E-state index in [1.165, 1.54) is 16.8 Å². The third kappa shape index (κ3) is 3.74. The first kappa shape index (κ1) is 18.4. The normalized spacial score (nSPS) is 12.0. The second kappa shape index (κ2) is 7.48. The van der Waals surface area contributed by atoms with Gasteiger partial charge in [-0.3, -0.25) is 4.79 Å². The molecule has 7 heteroatoms. The average molecular weight is 392 g/mol. The maximum absolute atomic E-state index is 13.1. The molecular weight excluding hydrogens is 376 g/mol. The molecule has 0 spiro atoms. The highest BCUT2D eigenvalue weighted by Gasteiger charge is 2.22. The second-order valence-electron chi connectivity index (χ2n) is 5.89. The first-order chi connectivity index (χ1) is 12.4. The van der Waals surface area contributed by atoms with E-state index in [0.29, 0.717) is 16.4 Å². The van der Waals surface area contributed by atoms with E-state index in [9.17, 15) is 9.18 Å². The number of aryl methyl sites for hydroxylation is 1. The lowest BCUT2D eigenvalue weighted by Crippen LogP contribution is -2.27. The van der Waals surface area contributed by atoms with Crippen molar-refractivity contribution in [3.05, 3.63) is 81.3 Å². The van der Waals surface area contributed by atoms with Crippen LogP contribution in [0.25, 0.3) is 5.69 Å². The van der Waals surface area contributed by atoms with Crippen LogP contribution in [0.4, 0.5) is 4.39 Å². The van der Waals surface area contributed by atoms with Gasteiger partial charge in [-0.1, -0.05) is 35.3 Å². The van der Waals surface area contributed by atoms with Gasteiger partial charge in [0.15, 0.2) is 0 Å². The summed E-state index contributed by atoms with van der Waals surface area (Å²) >= 11 is 12.4. The van der Waals surface area contributed by atoms with Crippen LogP contribution >= 0.6 is 23.2 Å². The Morgan fingerprint density at radius 2 is 1.88 bits per heavy atom. The molecule has 1 unspecified atom stereocenters. The van der Waals surface area contributed by atoms with E-state index in [0.717, 1.165) is 5.56 Å². The Bertz CT molecular complexity index is 954. The second-order valence-corrected chi connectivity index (χ2v) is 6.68. The van der Waals surface area contributed by atoms with Gasteiger partial charge in [0.1, 0.15) is 11.0 Å². The number of hydrogen-bond donors (Lipinski definition) is 1. The van der Waals surface area contributed by atoms with Gasteiger partial charge in [-0.15, -0.1) is 0 Å². The summed E-state index contributed by atoms with van der Waals surface area (Å²) in [5, 5.41) is 7.98. The fourth-order valence-electron chi connectivity index (χ4n) is 2.64. The zero-order valence-corrected chi connectivity index (χ0v) is 15.6.